The summed E-state index contributed by atoms with van der Waals surface area (Å²) in [5.74, 6) is -0.0599. The van der Waals surface area contributed by atoms with E-state index in [0.717, 1.165) is 19.3 Å². The van der Waals surface area contributed by atoms with Crippen molar-refractivity contribution < 1.29 is 14.7 Å². The maximum Gasteiger partial charge on any atom is 0.236 e. The van der Waals surface area contributed by atoms with Crippen LogP contribution in [0.4, 0.5) is 0 Å². The molecule has 18 heavy (non-hydrogen) atoms. The summed E-state index contributed by atoms with van der Waals surface area (Å²) < 4.78 is 0. The zero-order valence-electron chi connectivity index (χ0n) is 11.5. The standard InChI is InChI=1S/C14H23NO3/c1-9(2)14(3)8-12(17)15(13(14)18)10-6-4-5-7-11(10)16/h9-11,16H,4-8H2,1-3H3. The van der Waals surface area contributed by atoms with E-state index in [2.05, 4.69) is 0 Å². The molecule has 1 aliphatic heterocycles. The van der Waals surface area contributed by atoms with Crippen LogP contribution in [-0.2, 0) is 9.59 Å². The number of hydrogen-bond acceptors (Lipinski definition) is 3. The molecular weight excluding hydrogens is 230 g/mol. The summed E-state index contributed by atoms with van der Waals surface area (Å²) in [5, 5.41) is 10.0. The molecule has 1 heterocycles. The molecule has 2 rings (SSSR count). The van der Waals surface area contributed by atoms with Crippen molar-refractivity contribution in [3.63, 3.8) is 0 Å². The van der Waals surface area contributed by atoms with Crippen molar-refractivity contribution in [2.24, 2.45) is 11.3 Å². The van der Waals surface area contributed by atoms with Gasteiger partial charge < -0.3 is 5.11 Å². The number of carbonyl (C=O) groups is 2. The third kappa shape index (κ3) is 1.96. The van der Waals surface area contributed by atoms with Crippen molar-refractivity contribution in [3.8, 4) is 0 Å². The highest BCUT2D eigenvalue weighted by Gasteiger charge is 2.53. The molecule has 0 radical (unpaired) electrons. The number of imide groups is 1. The van der Waals surface area contributed by atoms with Gasteiger partial charge in [-0.05, 0) is 25.7 Å². The molecule has 4 heteroatoms. The minimum Gasteiger partial charge on any atom is -0.391 e. The first kappa shape index (κ1) is 13.5. The van der Waals surface area contributed by atoms with Gasteiger partial charge in [-0.2, -0.15) is 0 Å². The maximum atomic E-state index is 12.5. The first-order valence-corrected chi connectivity index (χ1v) is 6.92. The summed E-state index contributed by atoms with van der Waals surface area (Å²) >= 11 is 0. The molecule has 1 saturated carbocycles. The van der Waals surface area contributed by atoms with Gasteiger partial charge >= 0.3 is 0 Å². The van der Waals surface area contributed by atoms with Gasteiger partial charge in [0.2, 0.25) is 11.8 Å². The van der Waals surface area contributed by atoms with E-state index in [1.165, 1.54) is 4.90 Å². The van der Waals surface area contributed by atoms with Crippen molar-refractivity contribution in [2.45, 2.75) is 65.0 Å². The Morgan fingerprint density at radius 3 is 2.39 bits per heavy atom. The Balaban J connectivity index is 2.24. The Hall–Kier alpha value is -0.900. The third-order valence-electron chi connectivity index (χ3n) is 4.79. The Bertz CT molecular complexity index is 366. The molecule has 0 bridgehead atoms. The van der Waals surface area contributed by atoms with E-state index in [1.807, 2.05) is 20.8 Å². The number of likely N-dealkylation sites (tertiary alicyclic amines) is 1. The molecule has 1 aliphatic carbocycles. The lowest BCUT2D eigenvalue weighted by Gasteiger charge is -2.35. The van der Waals surface area contributed by atoms with Gasteiger partial charge in [-0.25, -0.2) is 0 Å². The molecule has 4 nitrogen and oxygen atoms in total. The number of aliphatic hydroxyl groups excluding tert-OH is 1. The van der Waals surface area contributed by atoms with Gasteiger partial charge in [-0.15, -0.1) is 0 Å². The lowest BCUT2D eigenvalue weighted by Crippen LogP contribution is -2.50. The van der Waals surface area contributed by atoms with Crippen LogP contribution >= 0.6 is 0 Å². The molecule has 2 amide bonds. The summed E-state index contributed by atoms with van der Waals surface area (Å²) in [6, 6.07) is -0.292. The van der Waals surface area contributed by atoms with Crippen LogP contribution < -0.4 is 0 Å². The molecule has 0 aromatic rings. The predicted molar refractivity (Wildman–Crippen MR) is 67.7 cm³/mol. The van der Waals surface area contributed by atoms with Crippen molar-refractivity contribution in [1.82, 2.24) is 4.90 Å². The number of hydrogen-bond donors (Lipinski definition) is 1. The molecule has 0 aromatic heterocycles. The molecule has 0 aromatic carbocycles. The average Bonchev–Trinajstić information content (AvgIpc) is 2.53. The van der Waals surface area contributed by atoms with Crippen LogP contribution in [0.3, 0.4) is 0 Å². The zero-order valence-corrected chi connectivity index (χ0v) is 11.5. The summed E-state index contributed by atoms with van der Waals surface area (Å²) in [6.07, 6.45) is 3.15. The largest absolute Gasteiger partial charge is 0.391 e. The maximum absolute atomic E-state index is 12.5. The smallest absolute Gasteiger partial charge is 0.236 e. The highest BCUT2D eigenvalue weighted by atomic mass is 16.3. The molecule has 102 valence electrons. The fourth-order valence-electron chi connectivity index (χ4n) is 3.04. The van der Waals surface area contributed by atoms with Crippen LogP contribution in [0, 0.1) is 11.3 Å². The summed E-state index contributed by atoms with van der Waals surface area (Å²) in [5.41, 5.74) is -0.589. The topological polar surface area (TPSA) is 57.6 Å². The van der Waals surface area contributed by atoms with Gasteiger partial charge in [-0.3, -0.25) is 14.5 Å². The number of rotatable bonds is 2. The number of nitrogens with zero attached hydrogens (tertiary/aromatic N) is 1. The Labute approximate surface area is 108 Å². The number of amides is 2. The van der Waals surface area contributed by atoms with Crippen molar-refractivity contribution >= 4 is 11.8 Å². The lowest BCUT2D eigenvalue weighted by molar-refractivity contribution is -0.148. The third-order valence-corrected chi connectivity index (χ3v) is 4.79. The molecular formula is C14H23NO3. The first-order valence-electron chi connectivity index (χ1n) is 6.92. The molecule has 1 saturated heterocycles. The minimum absolute atomic E-state index is 0.0894. The van der Waals surface area contributed by atoms with Gasteiger partial charge in [0.25, 0.3) is 0 Å². The first-order chi connectivity index (χ1) is 8.38. The Morgan fingerprint density at radius 1 is 1.28 bits per heavy atom. The number of carbonyl (C=O) groups excluding carboxylic acids is 2. The van der Waals surface area contributed by atoms with E-state index in [0.29, 0.717) is 6.42 Å². The Morgan fingerprint density at radius 2 is 1.89 bits per heavy atom. The van der Waals surface area contributed by atoms with Gasteiger partial charge in [0.1, 0.15) is 0 Å². The lowest BCUT2D eigenvalue weighted by atomic mass is 9.77. The molecule has 3 atom stereocenters. The van der Waals surface area contributed by atoms with Crippen molar-refractivity contribution in [3.05, 3.63) is 0 Å². The molecule has 2 aliphatic rings. The summed E-state index contributed by atoms with van der Waals surface area (Å²) in [4.78, 5) is 26.0. The van der Waals surface area contributed by atoms with E-state index in [9.17, 15) is 14.7 Å². The van der Waals surface area contributed by atoms with Crippen LogP contribution in [-0.4, -0.2) is 34.0 Å². The SMILES string of the molecule is CC(C)C1(C)CC(=O)N(C2CCCCC2O)C1=O. The highest BCUT2D eigenvalue weighted by Crippen LogP contribution is 2.41. The minimum atomic E-state index is -0.589. The quantitative estimate of drug-likeness (QED) is 0.762. The monoisotopic (exact) mass is 253 g/mol. The highest BCUT2D eigenvalue weighted by molar-refractivity contribution is 6.06. The van der Waals surface area contributed by atoms with Crippen LogP contribution in [0.1, 0.15) is 52.9 Å². The predicted octanol–water partition coefficient (Wildman–Crippen LogP) is 1.71. The van der Waals surface area contributed by atoms with Crippen LogP contribution in [0.25, 0.3) is 0 Å². The summed E-state index contributed by atoms with van der Waals surface area (Å²) in [6.45, 7) is 5.82. The number of aliphatic hydroxyl groups is 1. The molecule has 2 fully saturated rings. The van der Waals surface area contributed by atoms with Gasteiger partial charge in [-0.1, -0.05) is 26.7 Å². The molecule has 3 unspecified atom stereocenters. The van der Waals surface area contributed by atoms with Crippen molar-refractivity contribution in [1.29, 1.82) is 0 Å². The fourth-order valence-corrected chi connectivity index (χ4v) is 3.04. The Kier molecular flexibility index (Phi) is 3.49. The van der Waals surface area contributed by atoms with E-state index in [4.69, 9.17) is 0 Å². The normalized spacial score (nSPS) is 37.7. The zero-order chi connectivity index (χ0) is 13.5. The van der Waals surface area contributed by atoms with Gasteiger partial charge in [0, 0.05) is 6.42 Å². The summed E-state index contributed by atoms with van der Waals surface area (Å²) in [7, 11) is 0. The second-order valence-corrected chi connectivity index (χ2v) is 6.24. The van der Waals surface area contributed by atoms with E-state index >= 15 is 0 Å². The second-order valence-electron chi connectivity index (χ2n) is 6.24. The van der Waals surface area contributed by atoms with E-state index in [1.54, 1.807) is 0 Å². The van der Waals surface area contributed by atoms with Gasteiger partial charge in [0.05, 0.1) is 17.6 Å². The fraction of sp³-hybridized carbons (Fsp3) is 0.857. The van der Waals surface area contributed by atoms with E-state index in [-0.39, 0.29) is 30.2 Å². The van der Waals surface area contributed by atoms with E-state index < -0.39 is 11.5 Å². The van der Waals surface area contributed by atoms with Crippen LogP contribution in [0.15, 0.2) is 0 Å². The van der Waals surface area contributed by atoms with Crippen molar-refractivity contribution in [2.75, 3.05) is 0 Å². The van der Waals surface area contributed by atoms with Crippen LogP contribution in [0.5, 0.6) is 0 Å². The van der Waals surface area contributed by atoms with Crippen LogP contribution in [0.2, 0.25) is 0 Å². The molecule has 0 spiro atoms. The average molecular weight is 253 g/mol. The molecule has 1 N–H and O–H groups in total. The van der Waals surface area contributed by atoms with Gasteiger partial charge in [0.15, 0.2) is 0 Å². The second kappa shape index (κ2) is 4.65.